The highest BCUT2D eigenvalue weighted by molar-refractivity contribution is 9.25. The van der Waals surface area contributed by atoms with Gasteiger partial charge in [0.05, 0.1) is 11.6 Å². The molecule has 2 rings (SSSR count). The van der Waals surface area contributed by atoms with Gasteiger partial charge < -0.3 is 0 Å². The zero-order valence-corrected chi connectivity index (χ0v) is 12.5. The minimum absolute atomic E-state index is 0.144. The number of hydrogen-bond acceptors (Lipinski definition) is 1. The first-order valence-corrected chi connectivity index (χ1v) is 6.88. The van der Waals surface area contributed by atoms with Gasteiger partial charge in [0, 0.05) is 0 Å². The number of hydrogen-bond donors (Lipinski definition) is 0. The molecule has 0 atom stereocenters. The van der Waals surface area contributed by atoms with Crippen molar-refractivity contribution in [3.05, 3.63) is 53.1 Å². The smallest absolute Gasteiger partial charge is 0.102 e. The molecule has 0 heterocycles. The van der Waals surface area contributed by atoms with Crippen LogP contribution in [-0.2, 0) is 0 Å². The molecule has 0 N–H and O–H groups in total. The Kier molecular flexibility index (Phi) is 3.56. The van der Waals surface area contributed by atoms with Crippen molar-refractivity contribution in [2.45, 2.75) is 16.6 Å². The standard InChI is InChI=1S/C14H11Br2N/c1-10-8-14(15,16)7-6-12(10)13-5-3-2-4-11(13)9-17/h2-7H,8H2,1H3. The van der Waals surface area contributed by atoms with E-state index < -0.39 is 0 Å². The van der Waals surface area contributed by atoms with Crippen LogP contribution in [0.2, 0.25) is 0 Å². The number of allylic oxidation sites excluding steroid dienone is 4. The number of nitrogens with zero attached hydrogens (tertiary/aromatic N) is 1. The van der Waals surface area contributed by atoms with Gasteiger partial charge in [-0.2, -0.15) is 5.26 Å². The molecule has 0 aliphatic heterocycles. The van der Waals surface area contributed by atoms with E-state index in [0.717, 1.165) is 23.1 Å². The van der Waals surface area contributed by atoms with Gasteiger partial charge >= 0.3 is 0 Å². The van der Waals surface area contributed by atoms with Gasteiger partial charge in [0.15, 0.2) is 0 Å². The normalized spacial score (nSPS) is 18.0. The topological polar surface area (TPSA) is 23.8 Å². The Hall–Kier alpha value is -0.850. The first kappa shape index (κ1) is 12.6. The Balaban J connectivity index is 2.50. The van der Waals surface area contributed by atoms with Gasteiger partial charge in [-0.15, -0.1) is 0 Å². The monoisotopic (exact) mass is 351 g/mol. The lowest BCUT2D eigenvalue weighted by Crippen LogP contribution is -2.12. The molecule has 0 bridgehead atoms. The Labute approximate surface area is 118 Å². The third-order valence-corrected chi connectivity index (χ3v) is 3.88. The van der Waals surface area contributed by atoms with Crippen LogP contribution in [0.25, 0.3) is 5.57 Å². The molecule has 0 amide bonds. The summed E-state index contributed by atoms with van der Waals surface area (Å²) >= 11 is 7.20. The molecule has 0 spiro atoms. The predicted octanol–water partition coefficient (Wildman–Crippen LogP) is 4.78. The molecule has 0 unspecified atom stereocenters. The van der Waals surface area contributed by atoms with Crippen molar-refractivity contribution in [3.8, 4) is 6.07 Å². The van der Waals surface area contributed by atoms with E-state index in [0.29, 0.717) is 0 Å². The van der Waals surface area contributed by atoms with Crippen LogP contribution in [0, 0.1) is 11.3 Å². The summed E-state index contributed by atoms with van der Waals surface area (Å²) in [6.07, 6.45) is 5.03. The van der Waals surface area contributed by atoms with Crippen molar-refractivity contribution >= 4 is 37.4 Å². The maximum atomic E-state index is 9.12. The van der Waals surface area contributed by atoms with Crippen LogP contribution in [0.5, 0.6) is 0 Å². The van der Waals surface area contributed by atoms with Crippen molar-refractivity contribution in [3.63, 3.8) is 0 Å². The second kappa shape index (κ2) is 4.80. The lowest BCUT2D eigenvalue weighted by atomic mass is 9.91. The second-order valence-electron chi connectivity index (χ2n) is 4.12. The van der Waals surface area contributed by atoms with Gasteiger partial charge in [-0.1, -0.05) is 67.8 Å². The van der Waals surface area contributed by atoms with E-state index in [2.05, 4.69) is 57.0 Å². The lowest BCUT2D eigenvalue weighted by Gasteiger charge is -2.23. The van der Waals surface area contributed by atoms with Gasteiger partial charge in [-0.25, -0.2) is 0 Å². The molecule has 0 saturated carbocycles. The number of benzene rings is 1. The Morgan fingerprint density at radius 3 is 2.65 bits per heavy atom. The van der Waals surface area contributed by atoms with Crippen molar-refractivity contribution in [2.75, 3.05) is 0 Å². The van der Waals surface area contributed by atoms with Crippen LogP contribution in [0.15, 0.2) is 42.0 Å². The van der Waals surface area contributed by atoms with Crippen LogP contribution < -0.4 is 0 Å². The Bertz CT molecular complexity index is 548. The molecule has 0 fully saturated rings. The summed E-state index contributed by atoms with van der Waals surface area (Å²) in [5, 5.41) is 9.12. The molecule has 0 aromatic heterocycles. The number of halogens is 2. The van der Waals surface area contributed by atoms with Crippen molar-refractivity contribution < 1.29 is 0 Å². The number of rotatable bonds is 1. The molecule has 1 aromatic rings. The molecular weight excluding hydrogens is 342 g/mol. The minimum atomic E-state index is -0.144. The van der Waals surface area contributed by atoms with E-state index in [4.69, 9.17) is 5.26 Å². The molecule has 0 saturated heterocycles. The molecule has 17 heavy (non-hydrogen) atoms. The molecule has 1 nitrogen and oxygen atoms in total. The van der Waals surface area contributed by atoms with E-state index in [1.165, 1.54) is 5.57 Å². The highest BCUT2D eigenvalue weighted by Gasteiger charge is 2.25. The van der Waals surface area contributed by atoms with Gasteiger partial charge in [0.2, 0.25) is 0 Å². The Morgan fingerprint density at radius 1 is 1.29 bits per heavy atom. The molecule has 1 aromatic carbocycles. The zero-order chi connectivity index (χ0) is 12.5. The summed E-state index contributed by atoms with van der Waals surface area (Å²) < 4.78 is -0.144. The minimum Gasteiger partial charge on any atom is -0.192 e. The largest absolute Gasteiger partial charge is 0.192 e. The summed E-state index contributed by atoms with van der Waals surface area (Å²) in [5.41, 5.74) is 4.16. The lowest BCUT2D eigenvalue weighted by molar-refractivity contribution is 0.960. The first-order chi connectivity index (χ1) is 8.03. The van der Waals surface area contributed by atoms with E-state index >= 15 is 0 Å². The third-order valence-electron chi connectivity index (χ3n) is 2.79. The van der Waals surface area contributed by atoms with Gasteiger partial charge in [-0.3, -0.25) is 0 Å². The summed E-state index contributed by atoms with van der Waals surface area (Å²) in [7, 11) is 0. The molecule has 3 heteroatoms. The van der Waals surface area contributed by atoms with Crippen LogP contribution in [0.4, 0.5) is 0 Å². The second-order valence-corrected chi connectivity index (χ2v) is 8.02. The third kappa shape index (κ3) is 2.70. The van der Waals surface area contributed by atoms with E-state index in [1.54, 1.807) is 0 Å². The van der Waals surface area contributed by atoms with Crippen LogP contribution in [0.3, 0.4) is 0 Å². The summed E-state index contributed by atoms with van der Waals surface area (Å²) in [4.78, 5) is 0. The van der Waals surface area contributed by atoms with E-state index in [9.17, 15) is 0 Å². The summed E-state index contributed by atoms with van der Waals surface area (Å²) in [6.45, 7) is 2.10. The average Bonchev–Trinajstić information content (AvgIpc) is 2.28. The maximum Gasteiger partial charge on any atom is 0.102 e. The van der Waals surface area contributed by atoms with Gasteiger partial charge in [-0.05, 0) is 30.5 Å². The fourth-order valence-electron chi connectivity index (χ4n) is 1.99. The van der Waals surface area contributed by atoms with Gasteiger partial charge in [0.25, 0.3) is 0 Å². The fraction of sp³-hybridized carbons (Fsp3) is 0.214. The van der Waals surface area contributed by atoms with Crippen molar-refractivity contribution in [1.82, 2.24) is 0 Å². The van der Waals surface area contributed by atoms with E-state index in [-0.39, 0.29) is 3.23 Å². The number of alkyl halides is 2. The molecule has 86 valence electrons. The van der Waals surface area contributed by atoms with Crippen molar-refractivity contribution in [2.24, 2.45) is 0 Å². The predicted molar refractivity (Wildman–Crippen MR) is 78.1 cm³/mol. The molecule has 0 radical (unpaired) electrons. The first-order valence-electron chi connectivity index (χ1n) is 5.30. The highest BCUT2D eigenvalue weighted by Crippen LogP contribution is 2.41. The summed E-state index contributed by atoms with van der Waals surface area (Å²) in [6, 6.07) is 9.95. The molecule has 1 aliphatic carbocycles. The van der Waals surface area contributed by atoms with Crippen molar-refractivity contribution in [1.29, 1.82) is 5.26 Å². The fourth-order valence-corrected chi connectivity index (χ4v) is 3.10. The summed E-state index contributed by atoms with van der Waals surface area (Å²) in [5.74, 6) is 0. The maximum absolute atomic E-state index is 9.12. The number of nitriles is 1. The van der Waals surface area contributed by atoms with E-state index in [1.807, 2.05) is 24.3 Å². The van der Waals surface area contributed by atoms with Crippen LogP contribution in [-0.4, -0.2) is 3.23 Å². The van der Waals surface area contributed by atoms with Crippen LogP contribution >= 0.6 is 31.9 Å². The molecular formula is C14H11Br2N. The SMILES string of the molecule is CC1=C(c2ccccc2C#N)C=CC(Br)(Br)C1. The Morgan fingerprint density at radius 2 is 2.00 bits per heavy atom. The highest BCUT2D eigenvalue weighted by atomic mass is 79.9. The average molecular weight is 353 g/mol. The van der Waals surface area contributed by atoms with Crippen LogP contribution in [0.1, 0.15) is 24.5 Å². The quantitative estimate of drug-likeness (QED) is 0.667. The van der Waals surface area contributed by atoms with Gasteiger partial charge in [0.1, 0.15) is 3.23 Å². The zero-order valence-electron chi connectivity index (χ0n) is 9.37. The molecule has 1 aliphatic rings.